The fraction of sp³-hybridized carbons (Fsp3) is 0.289. The van der Waals surface area contributed by atoms with Gasteiger partial charge in [-0.1, -0.05) is 60.7 Å². The molecule has 2 nitrogen and oxygen atoms in total. The first-order chi connectivity index (χ1) is 23.6. The summed E-state index contributed by atoms with van der Waals surface area (Å²) in [4.78, 5) is 2.68. The molecule has 9 rings (SSSR count). The molecule has 0 radical (unpaired) electrons. The van der Waals surface area contributed by atoms with Gasteiger partial charge in [-0.3, -0.25) is 0 Å². The Kier molecular flexibility index (Phi) is 7.12. The maximum absolute atomic E-state index is 4.27. The zero-order valence-electron chi connectivity index (χ0n) is 30.1. The minimum atomic E-state index is -1.97. The van der Waals surface area contributed by atoms with Crippen LogP contribution in [0.2, 0.25) is 0 Å². The van der Waals surface area contributed by atoms with Crippen molar-refractivity contribution in [3.63, 3.8) is 0 Å². The third-order valence-corrected chi connectivity index (χ3v) is 22.2. The molecular weight excluding hydrogens is 630 g/mol. The number of anilines is 4. The monoisotopic (exact) mass is 678 g/mol. The first-order valence-electron chi connectivity index (χ1n) is 18.2. The number of nitrogens with one attached hydrogen (secondary N) is 1. The summed E-state index contributed by atoms with van der Waals surface area (Å²) in [7, 11) is -1.53. The fourth-order valence-electron chi connectivity index (χ4n) is 9.28. The van der Waals surface area contributed by atoms with Gasteiger partial charge in [0, 0.05) is 12.6 Å². The largest absolute Gasteiger partial charge is 0.349 e. The van der Waals surface area contributed by atoms with Crippen LogP contribution >= 0.6 is 14.5 Å². The molecule has 1 aliphatic heterocycles. The molecule has 2 unspecified atom stereocenters. The average molecular weight is 679 g/mol. The summed E-state index contributed by atoms with van der Waals surface area (Å²) >= 11 is 0. The summed E-state index contributed by atoms with van der Waals surface area (Å²) in [5, 5.41) is 10.3. The van der Waals surface area contributed by atoms with Crippen LogP contribution in [-0.2, 0) is 25.7 Å². The van der Waals surface area contributed by atoms with E-state index in [1.807, 2.05) is 0 Å². The van der Waals surface area contributed by atoms with E-state index >= 15 is 0 Å². The second-order valence-electron chi connectivity index (χ2n) is 15.6. The Morgan fingerprint density at radius 2 is 1.10 bits per heavy atom. The van der Waals surface area contributed by atoms with E-state index in [9.17, 15) is 0 Å². The number of hydrogen-bond acceptors (Lipinski definition) is 2. The van der Waals surface area contributed by atoms with Gasteiger partial charge in [0.05, 0.1) is 61.9 Å². The van der Waals surface area contributed by atoms with Crippen LogP contribution < -0.4 is 31.4 Å². The van der Waals surface area contributed by atoms with Crippen molar-refractivity contribution in [2.75, 3.05) is 30.6 Å². The Morgan fingerprint density at radius 3 is 1.84 bits per heavy atom. The molecule has 4 heteroatoms. The first-order valence-corrected chi connectivity index (χ1v) is 22.8. The smallest absolute Gasteiger partial charge is 0.123 e. The highest BCUT2D eigenvalue weighted by molar-refractivity contribution is 7.90. The van der Waals surface area contributed by atoms with Crippen molar-refractivity contribution in [1.29, 1.82) is 0 Å². The van der Waals surface area contributed by atoms with Crippen molar-refractivity contribution < 1.29 is 0 Å². The van der Waals surface area contributed by atoms with E-state index in [1.54, 1.807) is 0 Å². The number of hydrogen-bond donors (Lipinski definition) is 1. The van der Waals surface area contributed by atoms with E-state index in [0.29, 0.717) is 11.3 Å². The van der Waals surface area contributed by atoms with E-state index in [2.05, 4.69) is 155 Å². The minimum absolute atomic E-state index is 0.452. The predicted octanol–water partition coefficient (Wildman–Crippen LogP) is 9.80. The lowest BCUT2D eigenvalue weighted by Crippen LogP contribution is -2.38. The highest BCUT2D eigenvalue weighted by atomic mass is 31.2. The normalized spacial score (nSPS) is 22.2. The molecule has 246 valence electrons. The Bertz CT molecular complexity index is 2220. The molecule has 0 saturated carbocycles. The van der Waals surface area contributed by atoms with Crippen LogP contribution in [0.3, 0.4) is 0 Å². The van der Waals surface area contributed by atoms with Crippen LogP contribution in [-0.4, -0.2) is 31.7 Å². The lowest BCUT2D eigenvalue weighted by molar-refractivity contribution is 1.08. The quantitative estimate of drug-likeness (QED) is 0.213. The van der Waals surface area contributed by atoms with Gasteiger partial charge in [0.1, 0.15) is 21.2 Å². The predicted molar refractivity (Wildman–Crippen MR) is 223 cm³/mol. The number of rotatable bonds is 2. The lowest BCUT2D eigenvalue weighted by atomic mass is 10.0. The minimum Gasteiger partial charge on any atom is -0.349 e. The summed E-state index contributed by atoms with van der Waals surface area (Å²) in [6, 6.07) is 20.1. The van der Waals surface area contributed by atoms with E-state index in [0.717, 1.165) is 25.7 Å². The molecule has 0 aromatic heterocycles. The molecule has 5 aliphatic rings. The molecule has 4 aromatic carbocycles. The highest BCUT2D eigenvalue weighted by Gasteiger charge is 2.51. The van der Waals surface area contributed by atoms with Crippen molar-refractivity contribution in [3.8, 4) is 0 Å². The first kappa shape index (κ1) is 31.3. The molecule has 0 amide bonds. The van der Waals surface area contributed by atoms with Gasteiger partial charge in [-0.05, 0) is 129 Å². The van der Waals surface area contributed by atoms with Crippen molar-refractivity contribution in [2.45, 2.75) is 64.7 Å². The van der Waals surface area contributed by atoms with E-state index in [4.69, 9.17) is 0 Å². The van der Waals surface area contributed by atoms with Crippen LogP contribution in [0.25, 0.3) is 24.3 Å². The molecule has 1 N–H and O–H groups in total. The molecule has 0 bridgehead atoms. The summed E-state index contributed by atoms with van der Waals surface area (Å²) in [5.74, 6) is 0. The van der Waals surface area contributed by atoms with Gasteiger partial charge in [-0.2, -0.15) is 0 Å². The van der Waals surface area contributed by atoms with Crippen LogP contribution in [0.1, 0.15) is 72.2 Å². The highest BCUT2D eigenvalue weighted by Crippen LogP contribution is 2.65. The molecule has 1 heterocycles. The van der Waals surface area contributed by atoms with Crippen LogP contribution in [0.4, 0.5) is 22.7 Å². The van der Waals surface area contributed by atoms with Gasteiger partial charge in [-0.15, -0.1) is 0 Å². The third kappa shape index (κ3) is 4.39. The molecule has 4 aliphatic carbocycles. The molecule has 2 atom stereocenters. The van der Waals surface area contributed by atoms with Gasteiger partial charge in [0.15, 0.2) is 0 Å². The Balaban J connectivity index is 1.46. The number of benzene rings is 4. The zero-order valence-corrected chi connectivity index (χ0v) is 31.9. The molecule has 0 spiro atoms. The van der Waals surface area contributed by atoms with E-state index < -0.39 is 14.5 Å². The number of allylic oxidation sites excluding steroid dienone is 4. The maximum atomic E-state index is 4.27. The van der Waals surface area contributed by atoms with Gasteiger partial charge in [0.2, 0.25) is 0 Å². The Labute approximate surface area is 294 Å². The molecular formula is C45H48N2P2+2. The second-order valence-corrected chi connectivity index (χ2v) is 23.9. The van der Waals surface area contributed by atoms with Gasteiger partial charge >= 0.3 is 0 Å². The Hall–Kier alpha value is -3.70. The summed E-state index contributed by atoms with van der Waals surface area (Å²) < 4.78 is 0. The van der Waals surface area contributed by atoms with Gasteiger partial charge in [-0.25, -0.2) is 0 Å². The molecule has 49 heavy (non-hydrogen) atoms. The second kappa shape index (κ2) is 11.2. The summed E-state index contributed by atoms with van der Waals surface area (Å²) in [6.07, 6.45) is 22.9. The molecule has 4 aromatic rings. The third-order valence-electron chi connectivity index (χ3n) is 12.6. The van der Waals surface area contributed by atoms with E-state index in [1.165, 1.54) is 88.5 Å². The zero-order chi connectivity index (χ0) is 33.8. The van der Waals surface area contributed by atoms with Gasteiger partial charge < -0.3 is 10.2 Å². The average Bonchev–Trinajstić information content (AvgIpc) is 3.91. The van der Waals surface area contributed by atoms with Gasteiger partial charge in [0.25, 0.3) is 0 Å². The fourth-order valence-corrected chi connectivity index (χ4v) is 16.3. The van der Waals surface area contributed by atoms with Crippen LogP contribution in [0.5, 0.6) is 0 Å². The maximum Gasteiger partial charge on any atom is 0.123 e. The summed E-state index contributed by atoms with van der Waals surface area (Å²) in [5.41, 5.74) is 17.8. The Morgan fingerprint density at radius 1 is 0.551 bits per heavy atom. The lowest BCUT2D eigenvalue weighted by Gasteiger charge is -2.38. The van der Waals surface area contributed by atoms with Crippen molar-refractivity contribution >= 4 is 82.8 Å². The topological polar surface area (TPSA) is 15.3 Å². The summed E-state index contributed by atoms with van der Waals surface area (Å²) in [6.45, 7) is 15.2. The van der Waals surface area contributed by atoms with E-state index in [-0.39, 0.29) is 0 Å². The number of nitrogens with zero attached hydrogens (tertiary/aromatic N) is 1. The van der Waals surface area contributed by atoms with Crippen molar-refractivity contribution in [3.05, 3.63) is 117 Å². The van der Waals surface area contributed by atoms with Crippen LogP contribution in [0.15, 0.2) is 72.8 Å². The standard InChI is InChI=1S/C45H48N2P2/c1-28(2)48(6)40-22-20-30-12-10-18-36(30)44(40)47(5)45-37-19-11-13-31(37)21-23-41(45)49(7,29(3)4)43-27-35-17-9-15-33(35)25-39(43)46-38-24-32-14-8-16-34(32)26-42(38)48/h8-12,14,17,19-29,46H,13,15-16,18H2,1-7H3/q+2. The van der Waals surface area contributed by atoms with Crippen LogP contribution in [0, 0.1) is 0 Å². The number of fused-ring (bicyclic) bond motifs is 10. The molecule has 0 saturated heterocycles. The van der Waals surface area contributed by atoms with Crippen molar-refractivity contribution in [1.82, 2.24) is 0 Å². The molecule has 0 fully saturated rings. The SMILES string of the molecule is CC(C)[P+]1(C)c2cc3c(cc2Nc2cc4c(cc2[P+](C)(C(C)C)c2ccc5c(c2N(C)c2c1ccc1c2C=CC1)CC=C5)CC=C4)CC=C3. The van der Waals surface area contributed by atoms with Crippen molar-refractivity contribution in [2.24, 2.45) is 0 Å².